The second kappa shape index (κ2) is 3.54. The summed E-state index contributed by atoms with van der Waals surface area (Å²) < 4.78 is 1.70. The first-order valence-electron chi connectivity index (χ1n) is 3.47. The largest absolute Gasteiger partial charge is 0.319 e. The van der Waals surface area contributed by atoms with Crippen LogP contribution in [0.25, 0.3) is 6.08 Å². The molecule has 0 aliphatic carbocycles. The van der Waals surface area contributed by atoms with Gasteiger partial charge in [-0.15, -0.1) is 0 Å². The zero-order valence-electron chi connectivity index (χ0n) is 6.91. The topological polar surface area (TPSA) is 34.9 Å². The molecule has 0 saturated heterocycles. The second-order valence-corrected chi connectivity index (χ2v) is 2.83. The monoisotopic (exact) mass is 184 g/mol. The lowest BCUT2D eigenvalue weighted by molar-refractivity contribution is -0.112. The molecule has 3 nitrogen and oxygen atoms in total. The number of halogens is 1. The number of nitrogens with zero attached hydrogens (tertiary/aromatic N) is 2. The van der Waals surface area contributed by atoms with Crippen LogP contribution in [0.15, 0.2) is 12.3 Å². The third-order valence-electron chi connectivity index (χ3n) is 1.43. The maximum atomic E-state index is 10.6. The van der Waals surface area contributed by atoms with Gasteiger partial charge >= 0.3 is 0 Å². The van der Waals surface area contributed by atoms with E-state index in [4.69, 9.17) is 11.6 Å². The van der Waals surface area contributed by atoms with Crippen LogP contribution in [0.5, 0.6) is 0 Å². The predicted molar refractivity (Wildman–Crippen MR) is 47.9 cm³/mol. The molecule has 4 heteroatoms. The van der Waals surface area contributed by atoms with Gasteiger partial charge < -0.3 is 4.57 Å². The predicted octanol–water partition coefficient (Wildman–Crippen LogP) is 1.68. The Kier molecular flexibility index (Phi) is 2.65. The van der Waals surface area contributed by atoms with Gasteiger partial charge in [-0.2, -0.15) is 0 Å². The first kappa shape index (κ1) is 9.00. The molecule has 1 aromatic rings. The molecule has 0 N–H and O–H groups in total. The molecule has 64 valence electrons. The van der Waals surface area contributed by atoms with Crippen molar-refractivity contribution >= 4 is 23.5 Å². The Morgan fingerprint density at radius 3 is 2.83 bits per heavy atom. The van der Waals surface area contributed by atoms with Gasteiger partial charge in [0.2, 0.25) is 0 Å². The van der Waals surface area contributed by atoms with Crippen molar-refractivity contribution in [3.8, 4) is 0 Å². The summed E-state index contributed by atoms with van der Waals surface area (Å²) in [5.74, 6) is 0.671. The van der Waals surface area contributed by atoms with Crippen molar-refractivity contribution in [1.29, 1.82) is 0 Å². The van der Waals surface area contributed by atoms with Crippen molar-refractivity contribution in [2.45, 2.75) is 6.92 Å². The standard InChI is InChI=1S/C8H9ClN2O/c1-6(12)3-4-8-10-5-7(9)11(8)2/h3-5H,1-2H3/b4-3+. The van der Waals surface area contributed by atoms with Crippen LogP contribution in [0, 0.1) is 0 Å². The molecule has 0 radical (unpaired) electrons. The fourth-order valence-corrected chi connectivity index (χ4v) is 0.884. The van der Waals surface area contributed by atoms with Gasteiger partial charge in [-0.25, -0.2) is 4.98 Å². The minimum atomic E-state index is -0.00544. The Morgan fingerprint density at radius 2 is 2.42 bits per heavy atom. The van der Waals surface area contributed by atoms with Crippen LogP contribution in [-0.4, -0.2) is 15.3 Å². The van der Waals surface area contributed by atoms with Crippen molar-refractivity contribution in [2.24, 2.45) is 7.05 Å². The van der Waals surface area contributed by atoms with E-state index in [-0.39, 0.29) is 5.78 Å². The quantitative estimate of drug-likeness (QED) is 0.656. The van der Waals surface area contributed by atoms with Gasteiger partial charge in [0.15, 0.2) is 5.78 Å². The number of allylic oxidation sites excluding steroid dienone is 1. The van der Waals surface area contributed by atoms with E-state index in [9.17, 15) is 4.79 Å². The molecule has 0 aliphatic rings. The van der Waals surface area contributed by atoms with Crippen LogP contribution in [0.1, 0.15) is 12.7 Å². The Bertz CT molecular complexity index is 328. The third kappa shape index (κ3) is 1.95. The summed E-state index contributed by atoms with van der Waals surface area (Å²) in [6, 6.07) is 0. The lowest BCUT2D eigenvalue weighted by Gasteiger charge is -1.94. The number of imidazole rings is 1. The highest BCUT2D eigenvalue weighted by Gasteiger charge is 1.99. The van der Waals surface area contributed by atoms with Crippen molar-refractivity contribution in [1.82, 2.24) is 9.55 Å². The summed E-state index contributed by atoms with van der Waals surface area (Å²) in [7, 11) is 1.79. The Hall–Kier alpha value is -1.09. The van der Waals surface area contributed by atoms with E-state index < -0.39 is 0 Å². The van der Waals surface area contributed by atoms with E-state index in [1.165, 1.54) is 13.0 Å². The van der Waals surface area contributed by atoms with E-state index in [1.807, 2.05) is 0 Å². The van der Waals surface area contributed by atoms with Crippen molar-refractivity contribution in [3.63, 3.8) is 0 Å². The summed E-state index contributed by atoms with van der Waals surface area (Å²) in [5, 5.41) is 0.554. The van der Waals surface area contributed by atoms with Crippen LogP contribution in [0.3, 0.4) is 0 Å². The summed E-state index contributed by atoms with van der Waals surface area (Å²) in [5.41, 5.74) is 0. The van der Waals surface area contributed by atoms with Gasteiger partial charge in [0, 0.05) is 7.05 Å². The zero-order valence-corrected chi connectivity index (χ0v) is 7.67. The third-order valence-corrected chi connectivity index (χ3v) is 1.79. The smallest absolute Gasteiger partial charge is 0.152 e. The number of hydrogen-bond donors (Lipinski definition) is 0. The first-order chi connectivity index (χ1) is 5.61. The summed E-state index contributed by atoms with van der Waals surface area (Å²) in [6.07, 6.45) is 4.63. The molecule has 0 unspecified atom stereocenters. The number of carbonyl (C=O) groups excluding carboxylic acids is 1. The highest BCUT2D eigenvalue weighted by atomic mass is 35.5. The van der Waals surface area contributed by atoms with Gasteiger partial charge in [0.05, 0.1) is 6.20 Å². The van der Waals surface area contributed by atoms with Crippen molar-refractivity contribution < 1.29 is 4.79 Å². The van der Waals surface area contributed by atoms with Crippen molar-refractivity contribution in [3.05, 3.63) is 23.3 Å². The Balaban J connectivity index is 2.90. The van der Waals surface area contributed by atoms with Gasteiger partial charge in [0.1, 0.15) is 11.0 Å². The molecule has 12 heavy (non-hydrogen) atoms. The number of rotatable bonds is 2. The number of aromatic nitrogens is 2. The minimum absolute atomic E-state index is 0.00544. The van der Waals surface area contributed by atoms with Gasteiger partial charge in [0.25, 0.3) is 0 Å². The van der Waals surface area contributed by atoms with Crippen molar-refractivity contribution in [2.75, 3.05) is 0 Å². The molecular formula is C8H9ClN2O. The molecule has 1 heterocycles. The van der Waals surface area contributed by atoms with Crippen LogP contribution < -0.4 is 0 Å². The molecular weight excluding hydrogens is 176 g/mol. The first-order valence-corrected chi connectivity index (χ1v) is 3.85. The molecule has 0 atom stereocenters. The van der Waals surface area contributed by atoms with E-state index in [1.54, 1.807) is 23.9 Å². The molecule has 0 saturated carbocycles. The molecule has 1 aromatic heterocycles. The molecule has 0 amide bonds. The normalized spacial score (nSPS) is 10.9. The highest BCUT2D eigenvalue weighted by molar-refractivity contribution is 6.29. The maximum Gasteiger partial charge on any atom is 0.152 e. The van der Waals surface area contributed by atoms with Crippen LogP contribution in [0.4, 0.5) is 0 Å². The fraction of sp³-hybridized carbons (Fsp3) is 0.250. The van der Waals surface area contributed by atoms with Gasteiger partial charge in [-0.1, -0.05) is 11.6 Å². The van der Waals surface area contributed by atoms with E-state index >= 15 is 0 Å². The lowest BCUT2D eigenvalue weighted by atomic mass is 10.4. The summed E-state index contributed by atoms with van der Waals surface area (Å²) in [6.45, 7) is 1.49. The minimum Gasteiger partial charge on any atom is -0.319 e. The zero-order chi connectivity index (χ0) is 9.14. The molecule has 0 bridgehead atoms. The van der Waals surface area contributed by atoms with Crippen LogP contribution >= 0.6 is 11.6 Å². The lowest BCUT2D eigenvalue weighted by Crippen LogP contribution is -1.92. The van der Waals surface area contributed by atoms with E-state index in [2.05, 4.69) is 4.98 Å². The number of ketones is 1. The van der Waals surface area contributed by atoms with E-state index in [0.717, 1.165) is 0 Å². The number of hydrogen-bond acceptors (Lipinski definition) is 2. The van der Waals surface area contributed by atoms with Crippen LogP contribution in [-0.2, 0) is 11.8 Å². The van der Waals surface area contributed by atoms with E-state index in [0.29, 0.717) is 11.0 Å². The molecule has 0 spiro atoms. The summed E-state index contributed by atoms with van der Waals surface area (Å²) in [4.78, 5) is 14.6. The second-order valence-electron chi connectivity index (χ2n) is 2.44. The van der Waals surface area contributed by atoms with Gasteiger partial charge in [-0.05, 0) is 19.1 Å². The molecule has 0 aliphatic heterocycles. The van der Waals surface area contributed by atoms with Gasteiger partial charge in [-0.3, -0.25) is 4.79 Å². The number of carbonyl (C=O) groups is 1. The average molecular weight is 185 g/mol. The molecule has 0 fully saturated rings. The fourth-order valence-electron chi connectivity index (χ4n) is 0.749. The van der Waals surface area contributed by atoms with Crippen LogP contribution in [0.2, 0.25) is 5.15 Å². The summed E-state index contributed by atoms with van der Waals surface area (Å²) >= 11 is 5.73. The maximum absolute atomic E-state index is 10.6. The highest BCUT2D eigenvalue weighted by Crippen LogP contribution is 2.09. The average Bonchev–Trinajstić information content (AvgIpc) is 2.30. The SMILES string of the molecule is CC(=O)/C=C/c1ncc(Cl)n1C. The Morgan fingerprint density at radius 1 is 1.75 bits per heavy atom. The Labute approximate surface area is 75.7 Å². The molecule has 0 aromatic carbocycles. The molecule has 1 rings (SSSR count).